The van der Waals surface area contributed by atoms with Gasteiger partial charge in [0.15, 0.2) is 6.10 Å². The Hall–Kier alpha value is -3.47. The van der Waals surface area contributed by atoms with Gasteiger partial charge in [0.1, 0.15) is 0 Å². The van der Waals surface area contributed by atoms with Crippen LogP contribution in [0.2, 0.25) is 0 Å². The number of carbonyl (C=O) groups excluding carboxylic acids is 2. The van der Waals surface area contributed by atoms with Crippen LogP contribution in [0.1, 0.15) is 35.8 Å². The number of hydrogen-bond acceptors (Lipinski definition) is 4. The zero-order chi connectivity index (χ0) is 21.5. The molecular weight excluding hydrogens is 388 g/mol. The molecule has 158 valence electrons. The van der Waals surface area contributed by atoms with Crippen molar-refractivity contribution in [2.45, 2.75) is 25.4 Å². The second-order valence-corrected chi connectivity index (χ2v) is 7.82. The Morgan fingerprint density at radius 3 is 2.39 bits per heavy atom. The molecule has 1 aliphatic heterocycles. The lowest BCUT2D eigenvalue weighted by molar-refractivity contribution is -0.155. The Labute approximate surface area is 182 Å². The number of ether oxygens (including phenoxy) is 1. The molecule has 5 nitrogen and oxygen atoms in total. The number of piperidine rings is 1. The molecule has 0 saturated carbocycles. The third-order valence-electron chi connectivity index (χ3n) is 5.60. The number of rotatable bonds is 6. The summed E-state index contributed by atoms with van der Waals surface area (Å²) in [7, 11) is 0. The monoisotopic (exact) mass is 414 g/mol. The summed E-state index contributed by atoms with van der Waals surface area (Å²) >= 11 is 0. The fourth-order valence-electron chi connectivity index (χ4n) is 3.95. The van der Waals surface area contributed by atoms with Crippen LogP contribution in [-0.4, -0.2) is 34.8 Å². The van der Waals surface area contributed by atoms with Crippen LogP contribution >= 0.6 is 0 Å². The van der Waals surface area contributed by atoms with Gasteiger partial charge in [-0.1, -0.05) is 66.7 Å². The van der Waals surface area contributed by atoms with E-state index in [0.29, 0.717) is 25.2 Å². The summed E-state index contributed by atoms with van der Waals surface area (Å²) in [4.78, 5) is 32.1. The minimum atomic E-state index is -0.565. The van der Waals surface area contributed by atoms with Gasteiger partial charge in [0.2, 0.25) is 5.91 Å². The molecule has 1 amide bonds. The first kappa shape index (κ1) is 20.8. The van der Waals surface area contributed by atoms with Crippen molar-refractivity contribution >= 4 is 11.9 Å². The molecule has 1 aliphatic rings. The van der Waals surface area contributed by atoms with E-state index in [1.165, 1.54) is 0 Å². The van der Waals surface area contributed by atoms with E-state index in [1.54, 1.807) is 11.1 Å². The van der Waals surface area contributed by atoms with Crippen LogP contribution in [0, 0.1) is 5.92 Å². The average molecular weight is 415 g/mol. The highest BCUT2D eigenvalue weighted by atomic mass is 16.5. The first-order valence-corrected chi connectivity index (χ1v) is 10.7. The summed E-state index contributed by atoms with van der Waals surface area (Å²) in [5.41, 5.74) is 2.55. The molecule has 0 spiro atoms. The molecule has 2 atom stereocenters. The summed E-state index contributed by atoms with van der Waals surface area (Å²) in [5.74, 6) is -0.562. The summed E-state index contributed by atoms with van der Waals surface area (Å²) in [6.07, 6.45) is 3.00. The molecule has 2 heterocycles. The summed E-state index contributed by atoms with van der Waals surface area (Å²) < 4.78 is 5.97. The summed E-state index contributed by atoms with van der Waals surface area (Å²) in [6, 6.07) is 24.9. The third-order valence-corrected chi connectivity index (χ3v) is 5.60. The van der Waals surface area contributed by atoms with E-state index in [9.17, 15) is 9.59 Å². The van der Waals surface area contributed by atoms with Crippen LogP contribution < -0.4 is 0 Å². The van der Waals surface area contributed by atoms with E-state index in [0.717, 1.165) is 24.0 Å². The number of nitrogens with zero attached hydrogens (tertiary/aromatic N) is 2. The maximum absolute atomic E-state index is 13.1. The number of amides is 1. The minimum absolute atomic E-state index is 0.0491. The highest BCUT2D eigenvalue weighted by molar-refractivity contribution is 5.80. The van der Waals surface area contributed by atoms with Gasteiger partial charge in [0, 0.05) is 19.3 Å². The first-order valence-electron chi connectivity index (χ1n) is 10.7. The fraction of sp³-hybridized carbons (Fsp3) is 0.269. The van der Waals surface area contributed by atoms with Crippen LogP contribution in [0.25, 0.3) is 0 Å². The lowest BCUT2D eigenvalue weighted by Crippen LogP contribution is -2.43. The number of benzene rings is 2. The van der Waals surface area contributed by atoms with Gasteiger partial charge in [0.25, 0.3) is 0 Å². The van der Waals surface area contributed by atoms with Crippen LogP contribution in [0.4, 0.5) is 0 Å². The van der Waals surface area contributed by atoms with Crippen LogP contribution in [0.5, 0.6) is 0 Å². The van der Waals surface area contributed by atoms with Gasteiger partial charge in [-0.3, -0.25) is 14.6 Å². The van der Waals surface area contributed by atoms with Crippen molar-refractivity contribution in [1.29, 1.82) is 0 Å². The Morgan fingerprint density at radius 1 is 0.968 bits per heavy atom. The molecule has 31 heavy (non-hydrogen) atoms. The zero-order valence-corrected chi connectivity index (χ0v) is 17.4. The van der Waals surface area contributed by atoms with Gasteiger partial charge in [-0.05, 0) is 36.1 Å². The van der Waals surface area contributed by atoms with Crippen molar-refractivity contribution in [2.24, 2.45) is 5.92 Å². The van der Waals surface area contributed by atoms with Gasteiger partial charge in [0.05, 0.1) is 18.0 Å². The Kier molecular flexibility index (Phi) is 6.72. The Balaban J connectivity index is 1.44. The number of likely N-dealkylation sites (tertiary alicyclic amines) is 1. The molecular formula is C26H26N2O3. The van der Waals surface area contributed by atoms with Crippen molar-refractivity contribution in [3.05, 3.63) is 102 Å². The molecule has 5 heteroatoms. The van der Waals surface area contributed by atoms with E-state index >= 15 is 0 Å². The van der Waals surface area contributed by atoms with E-state index in [4.69, 9.17) is 4.74 Å². The highest BCUT2D eigenvalue weighted by Crippen LogP contribution is 2.27. The maximum atomic E-state index is 13.1. The quantitative estimate of drug-likeness (QED) is 0.568. The fourth-order valence-corrected chi connectivity index (χ4v) is 3.95. The number of esters is 1. The molecule has 4 rings (SSSR count). The van der Waals surface area contributed by atoms with Gasteiger partial charge < -0.3 is 9.64 Å². The highest BCUT2D eigenvalue weighted by Gasteiger charge is 2.32. The van der Waals surface area contributed by atoms with Gasteiger partial charge >= 0.3 is 5.97 Å². The molecule has 2 aromatic carbocycles. The largest absolute Gasteiger partial charge is 0.451 e. The van der Waals surface area contributed by atoms with Crippen molar-refractivity contribution in [1.82, 2.24) is 9.88 Å². The number of pyridine rings is 1. The second-order valence-electron chi connectivity index (χ2n) is 7.82. The van der Waals surface area contributed by atoms with E-state index < -0.39 is 6.10 Å². The van der Waals surface area contributed by atoms with E-state index in [2.05, 4.69) is 4.98 Å². The third kappa shape index (κ3) is 5.37. The van der Waals surface area contributed by atoms with Crippen LogP contribution in [-0.2, 0) is 20.7 Å². The predicted octanol–water partition coefficient (Wildman–Crippen LogP) is 4.20. The number of carbonyl (C=O) groups is 2. The van der Waals surface area contributed by atoms with Crippen LogP contribution in [0.3, 0.4) is 0 Å². The maximum Gasteiger partial charge on any atom is 0.311 e. The molecule has 1 aromatic heterocycles. The van der Waals surface area contributed by atoms with Gasteiger partial charge in [-0.15, -0.1) is 0 Å². The van der Waals surface area contributed by atoms with Crippen molar-refractivity contribution < 1.29 is 14.3 Å². The smallest absolute Gasteiger partial charge is 0.311 e. The Bertz CT molecular complexity index is 953. The standard InChI is InChI=1S/C26H26N2O3/c29-24(18-20-10-3-1-4-11-20)28-17-9-14-22(19-28)26(30)31-25(21-12-5-2-6-13-21)23-15-7-8-16-27-23/h1-8,10-13,15-16,22,25H,9,14,17-19H2/t22-,25+/m1/s1. The minimum Gasteiger partial charge on any atom is -0.451 e. The molecule has 0 N–H and O–H groups in total. The predicted molar refractivity (Wildman–Crippen MR) is 118 cm³/mol. The van der Waals surface area contributed by atoms with Crippen molar-refractivity contribution in [2.75, 3.05) is 13.1 Å². The molecule has 0 bridgehead atoms. The number of aromatic nitrogens is 1. The summed E-state index contributed by atoms with van der Waals surface area (Å²) in [5, 5.41) is 0. The molecule has 3 aromatic rings. The van der Waals surface area contributed by atoms with Crippen LogP contribution in [0.15, 0.2) is 85.1 Å². The molecule has 0 aliphatic carbocycles. The molecule has 0 unspecified atom stereocenters. The Morgan fingerprint density at radius 2 is 1.68 bits per heavy atom. The first-order chi connectivity index (χ1) is 15.2. The second kappa shape index (κ2) is 10.0. The molecule has 1 fully saturated rings. The average Bonchev–Trinajstić information content (AvgIpc) is 2.84. The molecule has 0 radical (unpaired) electrons. The summed E-state index contributed by atoms with van der Waals surface area (Å²) in [6.45, 7) is 1.08. The SMILES string of the molecule is O=C(O[C@@H](c1ccccc1)c1ccccn1)[C@@H]1CCCN(C(=O)Cc2ccccc2)C1. The van der Waals surface area contributed by atoms with Gasteiger partial charge in [-0.25, -0.2) is 0 Å². The topological polar surface area (TPSA) is 59.5 Å². The molecule has 1 saturated heterocycles. The number of hydrogen-bond donors (Lipinski definition) is 0. The lowest BCUT2D eigenvalue weighted by Gasteiger charge is -2.32. The zero-order valence-electron chi connectivity index (χ0n) is 17.4. The van der Waals surface area contributed by atoms with E-state index in [1.807, 2.05) is 78.9 Å². The lowest BCUT2D eigenvalue weighted by atomic mass is 9.97. The van der Waals surface area contributed by atoms with Crippen molar-refractivity contribution in [3.63, 3.8) is 0 Å². The van der Waals surface area contributed by atoms with Gasteiger partial charge in [-0.2, -0.15) is 0 Å². The normalized spacial score (nSPS) is 17.0. The van der Waals surface area contributed by atoms with Crippen molar-refractivity contribution in [3.8, 4) is 0 Å². The van der Waals surface area contributed by atoms with E-state index in [-0.39, 0.29) is 17.8 Å².